The fraction of sp³-hybridized carbons (Fsp3) is 0.462. The Labute approximate surface area is 107 Å². The van der Waals surface area contributed by atoms with E-state index in [1.165, 1.54) is 6.92 Å². The van der Waals surface area contributed by atoms with Crippen LogP contribution in [0.25, 0.3) is 0 Å². The Bertz CT molecular complexity index is 351. The topological polar surface area (TPSA) is 49.3 Å². The number of alkyl halides is 1. The summed E-state index contributed by atoms with van der Waals surface area (Å²) in [5.74, 6) is 0.522. The summed E-state index contributed by atoms with van der Waals surface area (Å²) in [6.07, 6.45) is 1.02. The van der Waals surface area contributed by atoms with E-state index in [2.05, 4.69) is 5.32 Å². The number of amides is 1. The molecular formula is C13H18ClNO2. The highest BCUT2D eigenvalue weighted by Gasteiger charge is 2.06. The molecule has 0 aliphatic carbocycles. The summed E-state index contributed by atoms with van der Waals surface area (Å²) in [4.78, 5) is 10.7. The highest BCUT2D eigenvalue weighted by atomic mass is 35.5. The van der Waals surface area contributed by atoms with Crippen LogP contribution in [0.1, 0.15) is 37.0 Å². The van der Waals surface area contributed by atoms with Gasteiger partial charge in [-0.05, 0) is 24.0 Å². The van der Waals surface area contributed by atoms with Crippen LogP contribution in [0.3, 0.4) is 0 Å². The highest BCUT2D eigenvalue weighted by Crippen LogP contribution is 2.18. The number of benzene rings is 1. The van der Waals surface area contributed by atoms with Crippen LogP contribution in [0.4, 0.5) is 0 Å². The van der Waals surface area contributed by atoms with Gasteiger partial charge < -0.3 is 10.4 Å². The first-order chi connectivity index (χ1) is 8.13. The quantitative estimate of drug-likeness (QED) is 0.767. The van der Waals surface area contributed by atoms with E-state index >= 15 is 0 Å². The number of nitrogens with one attached hydrogen (secondary N) is 1. The predicted octanol–water partition coefficient (Wildman–Crippen LogP) is 2.38. The monoisotopic (exact) mass is 255 g/mol. The molecule has 1 rings (SSSR count). The van der Waals surface area contributed by atoms with Crippen molar-refractivity contribution in [2.75, 3.05) is 5.88 Å². The third-order valence-electron chi connectivity index (χ3n) is 2.52. The van der Waals surface area contributed by atoms with Crippen molar-refractivity contribution in [1.29, 1.82) is 0 Å². The molecule has 3 nitrogen and oxygen atoms in total. The summed E-state index contributed by atoms with van der Waals surface area (Å²) < 4.78 is 0. The number of halogens is 1. The molecule has 17 heavy (non-hydrogen) atoms. The summed E-state index contributed by atoms with van der Waals surface area (Å²) >= 11 is 5.58. The third-order valence-corrected chi connectivity index (χ3v) is 2.78. The van der Waals surface area contributed by atoms with Crippen molar-refractivity contribution in [2.24, 2.45) is 0 Å². The largest absolute Gasteiger partial charge is 0.388 e. The molecule has 1 aromatic rings. The normalized spacial score (nSPS) is 12.2. The lowest BCUT2D eigenvalue weighted by atomic mass is 10.0. The fourth-order valence-electron chi connectivity index (χ4n) is 1.52. The van der Waals surface area contributed by atoms with Gasteiger partial charge >= 0.3 is 0 Å². The molecule has 0 aliphatic rings. The maximum absolute atomic E-state index is 10.7. The molecule has 0 heterocycles. The molecule has 0 aliphatic heterocycles. The maximum atomic E-state index is 10.7. The molecule has 0 spiro atoms. The second kappa shape index (κ2) is 7.30. The third kappa shape index (κ3) is 5.20. The Morgan fingerprint density at radius 1 is 1.41 bits per heavy atom. The van der Waals surface area contributed by atoms with Gasteiger partial charge in [0.05, 0.1) is 6.10 Å². The zero-order valence-electron chi connectivity index (χ0n) is 9.95. The molecule has 0 bridgehead atoms. The van der Waals surface area contributed by atoms with Crippen LogP contribution in [-0.4, -0.2) is 16.9 Å². The van der Waals surface area contributed by atoms with Crippen LogP contribution < -0.4 is 5.32 Å². The van der Waals surface area contributed by atoms with Gasteiger partial charge in [-0.3, -0.25) is 4.79 Å². The minimum Gasteiger partial charge on any atom is -0.388 e. The Morgan fingerprint density at radius 2 is 2.06 bits per heavy atom. The van der Waals surface area contributed by atoms with Crippen LogP contribution >= 0.6 is 11.6 Å². The molecule has 2 N–H and O–H groups in total. The molecule has 0 saturated heterocycles. The summed E-state index contributed by atoms with van der Waals surface area (Å²) in [6.45, 7) is 2.01. The SMILES string of the molecule is CC(=O)NCc1ccc(C(O)CCCCl)cc1. The molecule has 0 radical (unpaired) electrons. The van der Waals surface area contributed by atoms with E-state index in [0.29, 0.717) is 18.8 Å². The predicted molar refractivity (Wildman–Crippen MR) is 68.9 cm³/mol. The van der Waals surface area contributed by atoms with Crippen molar-refractivity contribution < 1.29 is 9.90 Å². The van der Waals surface area contributed by atoms with Gasteiger partial charge in [0.2, 0.25) is 5.91 Å². The van der Waals surface area contributed by atoms with Crippen LogP contribution in [0.2, 0.25) is 0 Å². The second-order valence-electron chi connectivity index (χ2n) is 4.00. The first kappa shape index (κ1) is 14.0. The number of hydrogen-bond acceptors (Lipinski definition) is 2. The summed E-state index contributed by atoms with van der Waals surface area (Å²) in [7, 11) is 0. The van der Waals surface area contributed by atoms with Gasteiger partial charge in [0.25, 0.3) is 0 Å². The van der Waals surface area contributed by atoms with Gasteiger partial charge in [0, 0.05) is 19.3 Å². The molecule has 4 heteroatoms. The Hall–Kier alpha value is -1.06. The van der Waals surface area contributed by atoms with Crippen molar-refractivity contribution in [1.82, 2.24) is 5.32 Å². The Kier molecular flexibility index (Phi) is 6.01. The molecular weight excluding hydrogens is 238 g/mol. The van der Waals surface area contributed by atoms with Crippen molar-refractivity contribution in [2.45, 2.75) is 32.4 Å². The molecule has 0 saturated carbocycles. The van der Waals surface area contributed by atoms with Crippen LogP contribution in [0.15, 0.2) is 24.3 Å². The van der Waals surface area contributed by atoms with Gasteiger partial charge in [0.15, 0.2) is 0 Å². The molecule has 1 atom stereocenters. The molecule has 1 amide bonds. The minimum absolute atomic E-state index is 0.0452. The van der Waals surface area contributed by atoms with Crippen LogP contribution in [0.5, 0.6) is 0 Å². The van der Waals surface area contributed by atoms with E-state index in [0.717, 1.165) is 17.5 Å². The van der Waals surface area contributed by atoms with Crippen molar-refractivity contribution in [3.8, 4) is 0 Å². The van der Waals surface area contributed by atoms with Crippen molar-refractivity contribution in [3.63, 3.8) is 0 Å². The van der Waals surface area contributed by atoms with Crippen LogP contribution in [-0.2, 0) is 11.3 Å². The molecule has 0 fully saturated rings. The van der Waals surface area contributed by atoms with E-state index in [-0.39, 0.29) is 5.91 Å². The Morgan fingerprint density at radius 3 is 2.59 bits per heavy atom. The molecule has 1 aromatic carbocycles. The number of aliphatic hydroxyl groups is 1. The highest BCUT2D eigenvalue weighted by molar-refractivity contribution is 6.17. The van der Waals surface area contributed by atoms with E-state index in [4.69, 9.17) is 11.6 Å². The molecule has 94 valence electrons. The zero-order chi connectivity index (χ0) is 12.7. The van der Waals surface area contributed by atoms with Crippen molar-refractivity contribution >= 4 is 17.5 Å². The van der Waals surface area contributed by atoms with E-state index in [9.17, 15) is 9.90 Å². The molecule has 0 aromatic heterocycles. The Balaban J connectivity index is 2.51. The second-order valence-corrected chi connectivity index (χ2v) is 4.38. The maximum Gasteiger partial charge on any atom is 0.217 e. The first-order valence-corrected chi connectivity index (χ1v) is 6.24. The average Bonchev–Trinajstić information content (AvgIpc) is 2.34. The van der Waals surface area contributed by atoms with E-state index in [1.54, 1.807) is 0 Å². The number of carbonyl (C=O) groups is 1. The number of rotatable bonds is 6. The summed E-state index contributed by atoms with van der Waals surface area (Å²) in [5, 5.41) is 12.6. The van der Waals surface area contributed by atoms with Gasteiger partial charge in [0.1, 0.15) is 0 Å². The van der Waals surface area contributed by atoms with Gasteiger partial charge in [-0.25, -0.2) is 0 Å². The fourth-order valence-corrected chi connectivity index (χ4v) is 1.68. The number of hydrogen-bond donors (Lipinski definition) is 2. The lowest BCUT2D eigenvalue weighted by molar-refractivity contribution is -0.119. The summed E-state index contributed by atoms with van der Waals surface area (Å²) in [6, 6.07) is 7.59. The summed E-state index contributed by atoms with van der Waals surface area (Å²) in [5.41, 5.74) is 1.91. The van der Waals surface area contributed by atoms with E-state index < -0.39 is 6.10 Å². The number of aliphatic hydroxyl groups excluding tert-OH is 1. The van der Waals surface area contributed by atoms with Gasteiger partial charge in [-0.15, -0.1) is 11.6 Å². The molecule has 1 unspecified atom stereocenters. The van der Waals surface area contributed by atoms with Gasteiger partial charge in [-0.2, -0.15) is 0 Å². The van der Waals surface area contributed by atoms with Gasteiger partial charge in [-0.1, -0.05) is 24.3 Å². The minimum atomic E-state index is -0.455. The van der Waals surface area contributed by atoms with E-state index in [1.807, 2.05) is 24.3 Å². The smallest absolute Gasteiger partial charge is 0.217 e. The zero-order valence-corrected chi connectivity index (χ0v) is 10.7. The van der Waals surface area contributed by atoms with Crippen molar-refractivity contribution in [3.05, 3.63) is 35.4 Å². The lowest BCUT2D eigenvalue weighted by Gasteiger charge is -2.11. The standard InChI is InChI=1S/C13H18ClNO2/c1-10(16)15-9-11-4-6-12(7-5-11)13(17)3-2-8-14/h4-7,13,17H,2-3,8-9H2,1H3,(H,15,16). The van der Waals surface area contributed by atoms with Crippen LogP contribution in [0, 0.1) is 0 Å². The first-order valence-electron chi connectivity index (χ1n) is 5.70. The number of carbonyl (C=O) groups excluding carboxylic acids is 1. The average molecular weight is 256 g/mol. The lowest BCUT2D eigenvalue weighted by Crippen LogP contribution is -2.18.